The minimum atomic E-state index is -3.94. The Balaban J connectivity index is 1.32. The number of hydrogen-bond donors (Lipinski definition) is 3. The van der Waals surface area contributed by atoms with Gasteiger partial charge in [0.05, 0.1) is 25.3 Å². The molecule has 3 N–H and O–H groups in total. The van der Waals surface area contributed by atoms with Crippen molar-refractivity contribution < 1.29 is 27.5 Å². The quantitative estimate of drug-likeness (QED) is 0.235. The van der Waals surface area contributed by atoms with Gasteiger partial charge in [-0.2, -0.15) is 5.10 Å². The Morgan fingerprint density at radius 1 is 1.05 bits per heavy atom. The van der Waals surface area contributed by atoms with Crippen LogP contribution in [0.1, 0.15) is 23.4 Å². The molecule has 1 aliphatic rings. The Morgan fingerprint density at radius 2 is 1.73 bits per heavy atom. The van der Waals surface area contributed by atoms with Crippen LogP contribution in [-0.2, 0) is 19.6 Å². The van der Waals surface area contributed by atoms with Gasteiger partial charge in [0.2, 0.25) is 17.8 Å². The van der Waals surface area contributed by atoms with Gasteiger partial charge in [-0.25, -0.2) is 23.1 Å². The molecule has 0 radical (unpaired) electrons. The van der Waals surface area contributed by atoms with Gasteiger partial charge in [0, 0.05) is 23.5 Å². The van der Waals surface area contributed by atoms with Gasteiger partial charge >= 0.3 is 0 Å². The zero-order chi connectivity index (χ0) is 29.6. The van der Waals surface area contributed by atoms with Gasteiger partial charge in [-0.1, -0.05) is 11.8 Å². The molecule has 1 atom stereocenters. The zero-order valence-electron chi connectivity index (χ0n) is 22.5. The van der Waals surface area contributed by atoms with Crippen LogP contribution in [0.2, 0.25) is 0 Å². The summed E-state index contributed by atoms with van der Waals surface area (Å²) in [5.74, 6) is 0.300. The second kappa shape index (κ2) is 12.8. The number of nitrogens with one attached hydrogen (secondary N) is 3. The first-order chi connectivity index (χ1) is 19.6. The Kier molecular flexibility index (Phi) is 9.19. The lowest BCUT2D eigenvalue weighted by Crippen LogP contribution is -2.28. The number of sulfonamides is 1. The number of nitrogens with zero attached hydrogens (tertiary/aromatic N) is 4. The molecular weight excluding hydrogens is 570 g/mol. The van der Waals surface area contributed by atoms with Gasteiger partial charge in [-0.05, 0) is 67.9 Å². The lowest BCUT2D eigenvalue weighted by molar-refractivity contribution is -0.122. The average Bonchev–Trinajstić information content (AvgIpc) is 3.26. The number of methoxy groups -OCH3 is 2. The van der Waals surface area contributed by atoms with Crippen molar-refractivity contribution >= 4 is 56.6 Å². The Hall–Kier alpha value is -4.50. The topological polar surface area (TPSA) is 173 Å². The van der Waals surface area contributed by atoms with E-state index in [2.05, 4.69) is 35.5 Å². The summed E-state index contributed by atoms with van der Waals surface area (Å²) in [5.41, 5.74) is 2.34. The van der Waals surface area contributed by atoms with Crippen molar-refractivity contribution in [3.63, 3.8) is 0 Å². The smallest absolute Gasteiger partial charge is 0.264 e. The summed E-state index contributed by atoms with van der Waals surface area (Å²) in [6, 6.07) is 12.6. The van der Waals surface area contributed by atoms with E-state index in [1.54, 1.807) is 45.2 Å². The minimum Gasteiger partial charge on any atom is -0.493 e. The number of hydrogen-bond acceptors (Lipinski definition) is 11. The summed E-state index contributed by atoms with van der Waals surface area (Å²) in [4.78, 5) is 33.1. The van der Waals surface area contributed by atoms with Crippen LogP contribution < -0.4 is 24.8 Å². The Labute approximate surface area is 240 Å². The second-order valence-corrected chi connectivity index (χ2v) is 11.6. The van der Waals surface area contributed by atoms with Crippen molar-refractivity contribution in [3.8, 4) is 11.5 Å². The van der Waals surface area contributed by atoms with Crippen LogP contribution in [0.3, 0.4) is 0 Å². The summed E-state index contributed by atoms with van der Waals surface area (Å²) < 4.78 is 38.2. The highest BCUT2D eigenvalue weighted by atomic mass is 32.2. The Bertz CT molecular complexity index is 1610. The number of thioether (sulfide) groups is 1. The van der Waals surface area contributed by atoms with Crippen molar-refractivity contribution in [2.45, 2.75) is 30.4 Å². The van der Waals surface area contributed by atoms with E-state index in [0.29, 0.717) is 34.1 Å². The fraction of sp³-hybridized carbons (Fsp3) is 0.231. The number of anilines is 2. The maximum atomic E-state index is 12.7. The Morgan fingerprint density at radius 3 is 2.39 bits per heavy atom. The normalized spacial score (nSPS) is 16.0. The SMILES string of the molecule is COc1ccc(/C=N\N=C2\NC(=O)[C@@H](CC(=O)Nc3ccc(S(=O)(=O)Nc4nc(C)cc(C)n4)cc3)S2)cc1OC. The van der Waals surface area contributed by atoms with Gasteiger partial charge in [0.1, 0.15) is 5.25 Å². The molecule has 1 fully saturated rings. The van der Waals surface area contributed by atoms with E-state index in [1.165, 1.54) is 37.6 Å². The van der Waals surface area contributed by atoms with Crippen LogP contribution in [0, 0.1) is 13.8 Å². The lowest BCUT2D eigenvalue weighted by Gasteiger charge is -2.10. The number of benzene rings is 2. The molecule has 13 nitrogen and oxygen atoms in total. The van der Waals surface area contributed by atoms with Crippen LogP contribution in [0.25, 0.3) is 0 Å². The molecule has 41 heavy (non-hydrogen) atoms. The standard InChI is InChI=1S/C26H27N7O6S2/c1-15-11-16(2)29-25(28-15)33-41(36,37)19-8-6-18(7-9-19)30-23(34)13-22-24(35)31-26(40-22)32-27-14-17-5-10-20(38-3)21(12-17)39-4/h5-12,14,22H,13H2,1-4H3,(H,30,34)(H,28,29,33)(H,31,32,35)/b27-14-/t22-/m1/s1. The summed E-state index contributed by atoms with van der Waals surface area (Å²) in [6.45, 7) is 3.47. The summed E-state index contributed by atoms with van der Waals surface area (Å²) in [5, 5.41) is 12.9. The van der Waals surface area contributed by atoms with Crippen LogP contribution in [0.5, 0.6) is 11.5 Å². The van der Waals surface area contributed by atoms with Crippen molar-refractivity contribution in [2.75, 3.05) is 24.3 Å². The number of carbonyl (C=O) groups excluding carboxylic acids is 2. The van der Waals surface area contributed by atoms with Crippen LogP contribution in [0.4, 0.5) is 11.6 Å². The van der Waals surface area contributed by atoms with Crippen LogP contribution in [0.15, 0.2) is 63.6 Å². The summed E-state index contributed by atoms with van der Waals surface area (Å²) >= 11 is 1.09. The van der Waals surface area contributed by atoms with Gasteiger partial charge in [-0.3, -0.25) is 9.59 Å². The first-order valence-corrected chi connectivity index (χ1v) is 14.5. The van der Waals surface area contributed by atoms with E-state index in [4.69, 9.17) is 9.47 Å². The molecule has 2 amide bonds. The third-order valence-electron chi connectivity index (χ3n) is 5.57. The number of aryl methyl sites for hydroxylation is 2. The molecule has 0 aliphatic carbocycles. The number of aromatic nitrogens is 2. The maximum Gasteiger partial charge on any atom is 0.264 e. The maximum absolute atomic E-state index is 12.7. The molecular formula is C26H27N7O6S2. The predicted molar refractivity (Wildman–Crippen MR) is 156 cm³/mol. The number of rotatable bonds is 10. The number of ether oxygens (including phenoxy) is 2. The van der Waals surface area contributed by atoms with Crippen LogP contribution >= 0.6 is 11.8 Å². The number of amidine groups is 1. The number of carbonyl (C=O) groups is 2. The van der Waals surface area contributed by atoms with E-state index < -0.39 is 21.2 Å². The zero-order valence-corrected chi connectivity index (χ0v) is 24.2. The lowest BCUT2D eigenvalue weighted by atomic mass is 10.2. The molecule has 3 aromatic rings. The molecule has 1 saturated heterocycles. The summed E-state index contributed by atoms with van der Waals surface area (Å²) in [6.07, 6.45) is 1.37. The van der Waals surface area contributed by atoms with E-state index in [-0.39, 0.29) is 28.3 Å². The molecule has 2 aromatic carbocycles. The second-order valence-electron chi connectivity index (χ2n) is 8.72. The van der Waals surface area contributed by atoms with Gasteiger partial charge in [0.25, 0.3) is 10.0 Å². The van der Waals surface area contributed by atoms with Crippen molar-refractivity contribution in [1.29, 1.82) is 0 Å². The molecule has 0 unspecified atom stereocenters. The van der Waals surface area contributed by atoms with Crippen molar-refractivity contribution in [3.05, 3.63) is 65.5 Å². The third-order valence-corrected chi connectivity index (χ3v) is 7.98. The molecule has 1 aromatic heterocycles. The van der Waals surface area contributed by atoms with Gasteiger partial charge in [-0.15, -0.1) is 5.10 Å². The minimum absolute atomic E-state index is 0.0261. The highest BCUT2D eigenvalue weighted by Crippen LogP contribution is 2.27. The highest BCUT2D eigenvalue weighted by molar-refractivity contribution is 8.15. The van der Waals surface area contributed by atoms with E-state index in [1.807, 2.05) is 0 Å². The van der Waals surface area contributed by atoms with Crippen LogP contribution in [-0.4, -0.2) is 61.1 Å². The molecule has 0 saturated carbocycles. The molecule has 0 spiro atoms. The highest BCUT2D eigenvalue weighted by Gasteiger charge is 2.32. The molecule has 15 heteroatoms. The van der Waals surface area contributed by atoms with E-state index in [0.717, 1.165) is 11.8 Å². The molecule has 214 valence electrons. The predicted octanol–water partition coefficient (Wildman–Crippen LogP) is 2.86. The first-order valence-electron chi connectivity index (χ1n) is 12.1. The average molecular weight is 598 g/mol. The summed E-state index contributed by atoms with van der Waals surface area (Å²) in [7, 11) is -0.866. The fourth-order valence-electron chi connectivity index (χ4n) is 3.72. The fourth-order valence-corrected chi connectivity index (χ4v) is 5.58. The van der Waals surface area contributed by atoms with E-state index in [9.17, 15) is 18.0 Å². The monoisotopic (exact) mass is 597 g/mol. The molecule has 2 heterocycles. The van der Waals surface area contributed by atoms with Crippen molar-refractivity contribution in [2.24, 2.45) is 10.2 Å². The van der Waals surface area contributed by atoms with Gasteiger partial charge < -0.3 is 20.1 Å². The number of amides is 2. The molecule has 4 rings (SSSR count). The van der Waals surface area contributed by atoms with Gasteiger partial charge in [0.15, 0.2) is 16.7 Å². The molecule has 1 aliphatic heterocycles. The molecule has 0 bridgehead atoms. The third kappa shape index (κ3) is 7.79. The largest absolute Gasteiger partial charge is 0.493 e. The van der Waals surface area contributed by atoms with E-state index >= 15 is 0 Å². The first kappa shape index (κ1) is 29.5. The van der Waals surface area contributed by atoms with Crippen molar-refractivity contribution in [1.82, 2.24) is 15.3 Å².